The highest BCUT2D eigenvalue weighted by molar-refractivity contribution is 5.75. The lowest BCUT2D eigenvalue weighted by Crippen LogP contribution is -2.42. The van der Waals surface area contributed by atoms with E-state index in [1.807, 2.05) is 0 Å². The summed E-state index contributed by atoms with van der Waals surface area (Å²) in [5, 5.41) is 14.1. The van der Waals surface area contributed by atoms with E-state index in [0.29, 0.717) is 13.0 Å². The Morgan fingerprint density at radius 1 is 1.17 bits per heavy atom. The summed E-state index contributed by atoms with van der Waals surface area (Å²) in [7, 11) is 0. The zero-order valence-electron chi connectivity index (χ0n) is 11.5. The molecule has 1 atom stereocenters. The van der Waals surface area contributed by atoms with Gasteiger partial charge in [0, 0.05) is 19.6 Å². The summed E-state index contributed by atoms with van der Waals surface area (Å²) in [6.07, 6.45) is 0.509. The third-order valence-corrected chi connectivity index (χ3v) is 2.96. The van der Waals surface area contributed by atoms with Gasteiger partial charge in [-0.2, -0.15) is 0 Å². The fourth-order valence-corrected chi connectivity index (χ4v) is 1.55. The number of carbonyl (C=O) groups is 2. The van der Waals surface area contributed by atoms with Gasteiger partial charge in [0.1, 0.15) is 0 Å². The Bertz CT molecular complexity index is 255. The topological polar surface area (TPSA) is 81.7 Å². The summed E-state index contributed by atoms with van der Waals surface area (Å²) in [6, 6.07) is -0.304. The van der Waals surface area contributed by atoms with Crippen LogP contribution in [0.1, 0.15) is 27.2 Å². The van der Waals surface area contributed by atoms with Crippen molar-refractivity contribution in [1.29, 1.82) is 0 Å². The lowest BCUT2D eigenvalue weighted by molar-refractivity contribution is -0.141. The van der Waals surface area contributed by atoms with E-state index in [1.54, 1.807) is 6.92 Å². The molecule has 0 aliphatic rings. The molecule has 0 bridgehead atoms. The van der Waals surface area contributed by atoms with E-state index in [-0.39, 0.29) is 12.6 Å². The lowest BCUT2D eigenvalue weighted by atomic mass is 10.1. The number of carbonyl (C=O) groups excluding carboxylic acids is 1. The molecule has 0 rings (SSSR count). The van der Waals surface area contributed by atoms with Gasteiger partial charge in [0.05, 0.1) is 5.92 Å². The molecule has 0 aliphatic heterocycles. The molecule has 0 fully saturated rings. The van der Waals surface area contributed by atoms with Crippen LogP contribution in [0.15, 0.2) is 0 Å². The Morgan fingerprint density at radius 2 is 1.78 bits per heavy atom. The first-order chi connectivity index (χ1) is 8.54. The molecular weight excluding hydrogens is 234 g/mol. The third-order valence-electron chi connectivity index (χ3n) is 2.96. The van der Waals surface area contributed by atoms with E-state index in [0.717, 1.165) is 19.6 Å². The summed E-state index contributed by atoms with van der Waals surface area (Å²) in [5.74, 6) is -1.39. The second kappa shape index (κ2) is 9.70. The van der Waals surface area contributed by atoms with Crippen LogP contribution in [0, 0.1) is 5.92 Å². The monoisotopic (exact) mass is 259 g/mol. The molecule has 3 N–H and O–H groups in total. The number of rotatable bonds is 9. The number of carboxylic acid groups (broad SMARTS) is 1. The molecule has 0 saturated heterocycles. The Hall–Kier alpha value is -1.30. The fraction of sp³-hybridized carbons (Fsp3) is 0.833. The van der Waals surface area contributed by atoms with E-state index < -0.39 is 11.9 Å². The van der Waals surface area contributed by atoms with Gasteiger partial charge in [-0.1, -0.05) is 20.8 Å². The maximum Gasteiger partial charge on any atom is 0.314 e. The zero-order chi connectivity index (χ0) is 14.0. The number of likely N-dealkylation sites (N-methyl/N-ethyl adjacent to an activating group) is 1. The van der Waals surface area contributed by atoms with Crippen LogP contribution in [0.25, 0.3) is 0 Å². The number of hydrogen-bond donors (Lipinski definition) is 3. The second-order valence-corrected chi connectivity index (χ2v) is 4.11. The molecule has 0 aromatic rings. The van der Waals surface area contributed by atoms with Gasteiger partial charge in [-0.3, -0.25) is 4.79 Å². The predicted molar refractivity (Wildman–Crippen MR) is 70.6 cm³/mol. The van der Waals surface area contributed by atoms with Crippen LogP contribution in [0.5, 0.6) is 0 Å². The maximum atomic E-state index is 11.4. The van der Waals surface area contributed by atoms with Crippen LogP contribution in [-0.2, 0) is 4.79 Å². The van der Waals surface area contributed by atoms with Crippen molar-refractivity contribution in [3.63, 3.8) is 0 Å². The van der Waals surface area contributed by atoms with Gasteiger partial charge in [-0.15, -0.1) is 0 Å². The average Bonchev–Trinajstić information content (AvgIpc) is 2.35. The van der Waals surface area contributed by atoms with E-state index in [2.05, 4.69) is 29.4 Å². The van der Waals surface area contributed by atoms with E-state index >= 15 is 0 Å². The summed E-state index contributed by atoms with van der Waals surface area (Å²) in [6.45, 7) is 9.38. The Labute approximate surface area is 109 Å². The summed E-state index contributed by atoms with van der Waals surface area (Å²) in [4.78, 5) is 24.4. The standard InChI is InChI=1S/C12H25N3O3/c1-4-10(11(16)17)9-14-12(18)13-7-8-15(5-2)6-3/h10H,4-9H2,1-3H3,(H,16,17)(H2,13,14,18). The molecule has 0 aliphatic carbocycles. The highest BCUT2D eigenvalue weighted by atomic mass is 16.4. The van der Waals surface area contributed by atoms with Gasteiger partial charge in [0.25, 0.3) is 0 Å². The van der Waals surface area contributed by atoms with Crippen molar-refractivity contribution in [1.82, 2.24) is 15.5 Å². The molecule has 2 amide bonds. The Morgan fingerprint density at radius 3 is 2.22 bits per heavy atom. The van der Waals surface area contributed by atoms with Gasteiger partial charge in [0.2, 0.25) is 0 Å². The van der Waals surface area contributed by atoms with Gasteiger partial charge in [-0.25, -0.2) is 4.79 Å². The number of hydrogen-bond acceptors (Lipinski definition) is 3. The first-order valence-electron chi connectivity index (χ1n) is 6.51. The quantitative estimate of drug-likeness (QED) is 0.570. The molecule has 1 unspecified atom stereocenters. The van der Waals surface area contributed by atoms with E-state index in [9.17, 15) is 9.59 Å². The molecule has 18 heavy (non-hydrogen) atoms. The van der Waals surface area contributed by atoms with Gasteiger partial charge >= 0.3 is 12.0 Å². The second-order valence-electron chi connectivity index (χ2n) is 4.11. The van der Waals surface area contributed by atoms with Gasteiger partial charge < -0.3 is 20.6 Å². The minimum absolute atomic E-state index is 0.170. The molecule has 0 saturated carbocycles. The van der Waals surface area contributed by atoms with Crippen LogP contribution in [0.3, 0.4) is 0 Å². The highest BCUT2D eigenvalue weighted by Crippen LogP contribution is 1.99. The molecule has 6 nitrogen and oxygen atoms in total. The van der Waals surface area contributed by atoms with Crippen molar-refractivity contribution in [2.45, 2.75) is 27.2 Å². The molecule has 0 aromatic heterocycles. The van der Waals surface area contributed by atoms with Crippen LogP contribution in [0.2, 0.25) is 0 Å². The average molecular weight is 259 g/mol. The van der Waals surface area contributed by atoms with Crippen LogP contribution < -0.4 is 10.6 Å². The van der Waals surface area contributed by atoms with Crippen molar-refractivity contribution >= 4 is 12.0 Å². The number of nitrogens with one attached hydrogen (secondary N) is 2. The molecule has 106 valence electrons. The number of amides is 2. The number of urea groups is 1. The lowest BCUT2D eigenvalue weighted by Gasteiger charge is -2.18. The normalized spacial score (nSPS) is 12.2. The van der Waals surface area contributed by atoms with Crippen molar-refractivity contribution in [3.05, 3.63) is 0 Å². The third kappa shape index (κ3) is 7.11. The molecular formula is C12H25N3O3. The summed E-state index contributed by atoms with van der Waals surface area (Å²) in [5.41, 5.74) is 0. The molecule has 6 heteroatoms. The molecule has 0 radical (unpaired) electrons. The minimum Gasteiger partial charge on any atom is -0.481 e. The molecule has 0 spiro atoms. The Balaban J connectivity index is 3.74. The number of carboxylic acids is 1. The molecule has 0 heterocycles. The van der Waals surface area contributed by atoms with E-state index in [4.69, 9.17) is 5.11 Å². The van der Waals surface area contributed by atoms with Gasteiger partial charge in [-0.05, 0) is 19.5 Å². The van der Waals surface area contributed by atoms with Crippen molar-refractivity contribution in [3.8, 4) is 0 Å². The van der Waals surface area contributed by atoms with E-state index in [1.165, 1.54) is 0 Å². The van der Waals surface area contributed by atoms with Crippen molar-refractivity contribution in [2.75, 3.05) is 32.7 Å². The van der Waals surface area contributed by atoms with Crippen LogP contribution in [-0.4, -0.2) is 54.7 Å². The fourth-order valence-electron chi connectivity index (χ4n) is 1.55. The minimum atomic E-state index is -0.874. The van der Waals surface area contributed by atoms with Crippen LogP contribution >= 0.6 is 0 Å². The maximum absolute atomic E-state index is 11.4. The largest absolute Gasteiger partial charge is 0.481 e. The summed E-state index contributed by atoms with van der Waals surface area (Å²) >= 11 is 0. The first-order valence-corrected chi connectivity index (χ1v) is 6.51. The summed E-state index contributed by atoms with van der Waals surface area (Å²) < 4.78 is 0. The Kier molecular flexibility index (Phi) is 9.00. The molecule has 0 aromatic carbocycles. The SMILES string of the molecule is CCC(CNC(=O)NCCN(CC)CC)C(=O)O. The van der Waals surface area contributed by atoms with Gasteiger partial charge in [0.15, 0.2) is 0 Å². The smallest absolute Gasteiger partial charge is 0.314 e. The van der Waals surface area contributed by atoms with Crippen molar-refractivity contribution < 1.29 is 14.7 Å². The predicted octanol–water partition coefficient (Wildman–Crippen LogP) is 0.738. The van der Waals surface area contributed by atoms with Crippen molar-refractivity contribution in [2.24, 2.45) is 5.92 Å². The number of aliphatic carboxylic acids is 1. The van der Waals surface area contributed by atoms with Crippen LogP contribution in [0.4, 0.5) is 4.79 Å². The zero-order valence-corrected chi connectivity index (χ0v) is 11.5. The first kappa shape index (κ1) is 16.7. The number of nitrogens with zero attached hydrogens (tertiary/aromatic N) is 1. The highest BCUT2D eigenvalue weighted by Gasteiger charge is 2.15.